The van der Waals surface area contributed by atoms with Crippen LogP contribution < -0.4 is 44.1 Å². The Morgan fingerprint density at radius 2 is 1.75 bits per heavy atom. The molecule has 8 heteroatoms. The molecule has 1 fully saturated rings. The molecule has 4 aromatic rings. The number of aliphatic carboxylic acids is 1. The van der Waals surface area contributed by atoms with E-state index in [1.165, 1.54) is 47.1 Å². The van der Waals surface area contributed by atoms with Crippen molar-refractivity contribution in [2.75, 3.05) is 32.8 Å². The number of nitrogens with zero attached hydrogens (tertiary/aromatic N) is 1. The molecular weight excluding hydrogens is 533 g/mol. The van der Waals surface area contributed by atoms with Crippen molar-refractivity contribution in [2.45, 2.75) is 32.1 Å². The van der Waals surface area contributed by atoms with Crippen molar-refractivity contribution >= 4 is 33.7 Å². The standard InChI is InChI=1S/C32H33NO5S.Na/c34-22-25-21-24(11-14-29(25)38-18-5-8-31(35)36)32-28(27-6-1-2-7-30(27)39-32)20-23-9-12-26(13-10-23)37-19-17-33-15-3-4-16-33;/h1-2,6-7,9-14,21-22H,3-5,8,15-20H2,(H,35,36);/q;+1/p-1. The summed E-state index contributed by atoms with van der Waals surface area (Å²) in [7, 11) is 0. The van der Waals surface area contributed by atoms with Gasteiger partial charge in [-0.15, -0.1) is 11.3 Å². The summed E-state index contributed by atoms with van der Waals surface area (Å²) in [6.07, 6.45) is 4.36. The fourth-order valence-electron chi connectivity index (χ4n) is 5.03. The Balaban J connectivity index is 0.00000370. The van der Waals surface area contributed by atoms with Crippen LogP contribution in [-0.4, -0.2) is 50.0 Å². The molecule has 0 unspecified atom stereocenters. The van der Waals surface area contributed by atoms with Gasteiger partial charge in [0.25, 0.3) is 0 Å². The van der Waals surface area contributed by atoms with Gasteiger partial charge >= 0.3 is 29.6 Å². The minimum atomic E-state index is -1.11. The van der Waals surface area contributed by atoms with Gasteiger partial charge in [-0.2, -0.15) is 0 Å². The van der Waals surface area contributed by atoms with E-state index >= 15 is 0 Å². The first-order chi connectivity index (χ1) is 19.1. The Morgan fingerprint density at radius 3 is 2.50 bits per heavy atom. The van der Waals surface area contributed by atoms with Crippen molar-refractivity contribution in [1.82, 2.24) is 4.90 Å². The number of fused-ring (bicyclic) bond motifs is 1. The first-order valence-electron chi connectivity index (χ1n) is 13.5. The smallest absolute Gasteiger partial charge is 0.550 e. The van der Waals surface area contributed by atoms with Crippen LogP contribution >= 0.6 is 11.3 Å². The second kappa shape index (κ2) is 14.8. The number of carboxylic acid groups (broad SMARTS) is 1. The zero-order valence-electron chi connectivity index (χ0n) is 22.9. The van der Waals surface area contributed by atoms with Crippen molar-refractivity contribution in [2.24, 2.45) is 0 Å². The van der Waals surface area contributed by atoms with Crippen molar-refractivity contribution < 1.29 is 53.7 Å². The molecule has 202 valence electrons. The van der Waals surface area contributed by atoms with Crippen LogP contribution in [0.2, 0.25) is 0 Å². The monoisotopic (exact) mass is 565 g/mol. The van der Waals surface area contributed by atoms with Crippen molar-refractivity contribution in [1.29, 1.82) is 0 Å². The summed E-state index contributed by atoms with van der Waals surface area (Å²) in [6, 6.07) is 22.3. The first kappa shape index (κ1) is 30.3. The van der Waals surface area contributed by atoms with Crippen LogP contribution in [0.4, 0.5) is 0 Å². The number of rotatable bonds is 13. The molecule has 1 saturated heterocycles. The van der Waals surface area contributed by atoms with Gasteiger partial charge in [0.1, 0.15) is 18.1 Å². The van der Waals surface area contributed by atoms with Gasteiger partial charge in [0, 0.05) is 22.1 Å². The van der Waals surface area contributed by atoms with Crippen LogP contribution in [0.15, 0.2) is 66.7 Å². The number of hydrogen-bond acceptors (Lipinski definition) is 7. The number of aldehydes is 1. The summed E-state index contributed by atoms with van der Waals surface area (Å²) in [5.41, 5.74) is 3.81. The van der Waals surface area contributed by atoms with E-state index in [2.05, 4.69) is 35.2 Å². The zero-order chi connectivity index (χ0) is 27.0. The Hall–Kier alpha value is -2.68. The van der Waals surface area contributed by atoms with E-state index in [-0.39, 0.29) is 42.6 Å². The largest absolute Gasteiger partial charge is 1.00 e. The fourth-order valence-corrected chi connectivity index (χ4v) is 6.24. The zero-order valence-corrected chi connectivity index (χ0v) is 25.7. The second-order valence-electron chi connectivity index (χ2n) is 9.82. The maximum atomic E-state index is 11.9. The average Bonchev–Trinajstić information content (AvgIpc) is 3.60. The molecule has 6 nitrogen and oxygen atoms in total. The van der Waals surface area contributed by atoms with Gasteiger partial charge in [0.05, 0.1) is 12.2 Å². The Labute approximate surface area is 261 Å². The van der Waals surface area contributed by atoms with Crippen LogP contribution in [0, 0.1) is 0 Å². The molecule has 3 aromatic carbocycles. The topological polar surface area (TPSA) is 78.9 Å². The summed E-state index contributed by atoms with van der Waals surface area (Å²) in [5.74, 6) is 0.232. The molecular formula is C32H32NNaO5S. The van der Waals surface area contributed by atoms with Crippen molar-refractivity contribution in [3.05, 3.63) is 83.4 Å². The third-order valence-corrected chi connectivity index (χ3v) is 8.32. The molecule has 40 heavy (non-hydrogen) atoms. The Bertz CT molecular complexity index is 1430. The summed E-state index contributed by atoms with van der Waals surface area (Å²) in [6.45, 7) is 4.23. The third-order valence-electron chi connectivity index (χ3n) is 7.06. The quantitative estimate of drug-likeness (QED) is 0.141. The molecule has 1 aliphatic heterocycles. The van der Waals surface area contributed by atoms with Gasteiger partial charge < -0.3 is 19.4 Å². The van der Waals surface area contributed by atoms with Crippen LogP contribution in [-0.2, 0) is 11.2 Å². The summed E-state index contributed by atoms with van der Waals surface area (Å²) in [4.78, 5) is 26.1. The maximum absolute atomic E-state index is 11.9. The van der Waals surface area contributed by atoms with Gasteiger partial charge in [-0.05, 0) is 104 Å². The van der Waals surface area contributed by atoms with Gasteiger partial charge in [-0.3, -0.25) is 9.69 Å². The molecule has 0 atom stereocenters. The number of likely N-dealkylation sites (tertiary alicyclic amines) is 1. The fraction of sp³-hybridized carbons (Fsp3) is 0.312. The number of ether oxygens (including phenoxy) is 2. The molecule has 0 aliphatic carbocycles. The Morgan fingerprint density at radius 1 is 0.975 bits per heavy atom. The molecule has 1 aliphatic rings. The van der Waals surface area contributed by atoms with E-state index in [9.17, 15) is 14.7 Å². The van der Waals surface area contributed by atoms with E-state index in [1.807, 2.05) is 30.3 Å². The molecule has 2 heterocycles. The Kier molecular flexibility index (Phi) is 11.2. The van der Waals surface area contributed by atoms with Gasteiger partial charge in [0.15, 0.2) is 6.29 Å². The summed E-state index contributed by atoms with van der Waals surface area (Å²) in [5, 5.41) is 11.9. The third kappa shape index (κ3) is 7.74. The number of benzene rings is 3. The normalized spacial score (nSPS) is 13.2. The van der Waals surface area contributed by atoms with Gasteiger partial charge in [-0.25, -0.2) is 0 Å². The van der Waals surface area contributed by atoms with Crippen LogP contribution in [0.5, 0.6) is 11.5 Å². The number of carboxylic acids is 1. The molecule has 1 aromatic heterocycles. The molecule has 0 radical (unpaired) electrons. The van der Waals surface area contributed by atoms with Crippen molar-refractivity contribution in [3.8, 4) is 21.9 Å². The van der Waals surface area contributed by atoms with Crippen LogP contribution in [0.3, 0.4) is 0 Å². The number of carbonyl (C=O) groups excluding carboxylic acids is 2. The van der Waals surface area contributed by atoms with E-state index in [0.29, 0.717) is 24.3 Å². The SMILES string of the molecule is O=Cc1cc(-c2sc3ccccc3c2Cc2ccc(OCCN3CCCC3)cc2)ccc1OCCCC(=O)[O-].[Na+]. The van der Waals surface area contributed by atoms with Crippen LogP contribution in [0.25, 0.3) is 20.5 Å². The minimum Gasteiger partial charge on any atom is -0.550 e. The van der Waals surface area contributed by atoms with E-state index < -0.39 is 5.97 Å². The number of carbonyl (C=O) groups is 2. The molecule has 0 amide bonds. The average molecular weight is 566 g/mol. The maximum Gasteiger partial charge on any atom is 1.00 e. The summed E-state index contributed by atoms with van der Waals surface area (Å²) < 4.78 is 12.9. The minimum absolute atomic E-state index is 0. The molecule has 0 N–H and O–H groups in total. The molecule has 5 rings (SSSR count). The molecule has 0 saturated carbocycles. The number of thiophene rings is 1. The van der Waals surface area contributed by atoms with E-state index in [1.54, 1.807) is 17.4 Å². The summed E-state index contributed by atoms with van der Waals surface area (Å²) >= 11 is 1.71. The van der Waals surface area contributed by atoms with Crippen molar-refractivity contribution in [3.63, 3.8) is 0 Å². The first-order valence-corrected chi connectivity index (χ1v) is 14.3. The predicted octanol–water partition coefficient (Wildman–Crippen LogP) is 2.36. The van der Waals surface area contributed by atoms with E-state index in [0.717, 1.165) is 35.4 Å². The number of hydrogen-bond donors (Lipinski definition) is 0. The van der Waals surface area contributed by atoms with E-state index in [4.69, 9.17) is 9.47 Å². The second-order valence-corrected chi connectivity index (χ2v) is 10.9. The van der Waals surface area contributed by atoms with Gasteiger partial charge in [0.2, 0.25) is 0 Å². The molecule has 0 spiro atoms. The molecule has 0 bridgehead atoms. The predicted molar refractivity (Wildman–Crippen MR) is 153 cm³/mol. The van der Waals surface area contributed by atoms with Crippen LogP contribution in [0.1, 0.15) is 47.2 Å². The van der Waals surface area contributed by atoms with Gasteiger partial charge in [-0.1, -0.05) is 30.3 Å².